The van der Waals surface area contributed by atoms with Crippen LogP contribution in [-0.2, 0) is 0 Å². The van der Waals surface area contributed by atoms with Crippen molar-refractivity contribution in [2.45, 2.75) is 10.8 Å². The zero-order chi connectivity index (χ0) is 20.1. The Balaban J connectivity index is 2.96. The molecule has 18 heavy (non-hydrogen) atoms. The van der Waals surface area contributed by atoms with Crippen molar-refractivity contribution in [3.05, 3.63) is 69.5 Å². The first-order valence-electron chi connectivity index (χ1n) is 8.73. The van der Waals surface area contributed by atoms with Gasteiger partial charge in [-0.15, -0.1) is 23.2 Å². The van der Waals surface area contributed by atoms with E-state index in [0.717, 1.165) is 0 Å². The largest absolute Gasteiger partial charge is 0.118 e. The van der Waals surface area contributed by atoms with E-state index in [-0.39, 0.29) is 21.2 Å². The molecule has 0 nitrogen and oxygen atoms in total. The summed E-state index contributed by atoms with van der Waals surface area (Å²) in [5.41, 5.74) is -0.470. The second kappa shape index (κ2) is 6.16. The summed E-state index contributed by atoms with van der Waals surface area (Å²) in [6, 6.07) is -4.26. The molecule has 0 fully saturated rings. The van der Waals surface area contributed by atoms with Crippen molar-refractivity contribution in [1.82, 2.24) is 0 Å². The highest BCUT2D eigenvalue weighted by Crippen LogP contribution is 2.37. The maximum Gasteiger partial charge on any atom is 0.118 e. The summed E-state index contributed by atoms with van der Waals surface area (Å²) in [6.45, 7) is 0. The van der Waals surface area contributed by atoms with Gasteiger partial charge in [0.05, 0.1) is 11.0 Å². The molecule has 2 aromatic carbocycles. The molecule has 94 valence electrons. The van der Waals surface area contributed by atoms with Crippen molar-refractivity contribution in [2.75, 3.05) is 0 Å². The Bertz CT molecular complexity index is 772. The highest BCUT2D eigenvalue weighted by molar-refractivity contribution is 6.45. The third-order valence-corrected chi connectivity index (χ3v) is 3.15. The summed E-state index contributed by atoms with van der Waals surface area (Å²) in [7, 11) is 0. The Labute approximate surface area is 138 Å². The van der Waals surface area contributed by atoms with Gasteiger partial charge in [0.25, 0.3) is 0 Å². The van der Waals surface area contributed by atoms with Gasteiger partial charge in [-0.05, 0) is 29.3 Å². The minimum Gasteiger partial charge on any atom is -0.104 e. The van der Waals surface area contributed by atoms with Crippen molar-refractivity contribution in [3.8, 4) is 0 Å². The number of benzene rings is 2. The van der Waals surface area contributed by atoms with Crippen LogP contribution in [0, 0.1) is 0 Å². The van der Waals surface area contributed by atoms with Gasteiger partial charge in [-0.25, -0.2) is 0 Å². The van der Waals surface area contributed by atoms with Gasteiger partial charge in [-0.1, -0.05) is 53.4 Å². The van der Waals surface area contributed by atoms with Crippen molar-refractivity contribution in [1.29, 1.82) is 0 Å². The summed E-state index contributed by atoms with van der Waals surface area (Å²) in [5.74, 6) is -1.34. The quantitative estimate of drug-likeness (QED) is 0.613. The Morgan fingerprint density at radius 1 is 0.889 bits per heavy atom. The average molecular weight is 328 g/mol. The van der Waals surface area contributed by atoms with Crippen LogP contribution in [0.25, 0.3) is 0 Å². The lowest BCUT2D eigenvalue weighted by Gasteiger charge is -2.20. The van der Waals surface area contributed by atoms with Crippen molar-refractivity contribution in [3.63, 3.8) is 0 Å². The molecule has 0 aliphatic heterocycles. The lowest BCUT2D eigenvalue weighted by molar-refractivity contribution is 0.887. The topological polar surface area (TPSA) is 0 Å². The number of rotatable bonds is 3. The van der Waals surface area contributed by atoms with E-state index in [1.807, 2.05) is 0 Å². The smallest absolute Gasteiger partial charge is 0.104 e. The Kier molecular flexibility index (Phi) is 2.35. The summed E-state index contributed by atoms with van der Waals surface area (Å²) >= 11 is 23.9. The van der Waals surface area contributed by atoms with Gasteiger partial charge in [-0.2, -0.15) is 0 Å². The van der Waals surface area contributed by atoms with E-state index in [1.54, 1.807) is 0 Å². The predicted octanol–water partition coefficient (Wildman–Crippen LogP) is 5.93. The van der Waals surface area contributed by atoms with E-state index in [2.05, 4.69) is 0 Å². The highest BCUT2D eigenvalue weighted by atomic mass is 35.5. The van der Waals surface area contributed by atoms with Gasteiger partial charge in [-0.3, -0.25) is 0 Å². The molecule has 0 bridgehead atoms. The first-order chi connectivity index (χ1) is 11.9. The van der Waals surface area contributed by atoms with E-state index in [4.69, 9.17) is 57.4 Å². The van der Waals surface area contributed by atoms with Crippen molar-refractivity contribution < 1.29 is 11.0 Å². The maximum atomic E-state index is 8.11. The Morgan fingerprint density at radius 3 is 2.11 bits per heavy atom. The fraction of sp³-hybridized carbons (Fsp3) is 0.143. The van der Waals surface area contributed by atoms with E-state index in [9.17, 15) is 0 Å². The first kappa shape index (κ1) is 6.85. The molecule has 0 N–H and O–H groups in total. The third-order valence-electron chi connectivity index (χ3n) is 2.16. The molecule has 2 rings (SSSR count). The van der Waals surface area contributed by atoms with Crippen LogP contribution in [0.2, 0.25) is 10.0 Å². The van der Waals surface area contributed by atoms with Gasteiger partial charge in [0.15, 0.2) is 0 Å². The Hall–Kier alpha value is -0.400. The standard InChI is InChI=1S/C14H10Cl4/c15-10-7-5-9(6-8-10)13(14(17)18)11-3-1-2-4-12(11)16/h1-8,13-14H/i1D,2D,3D,4D,5D,6D,7D,8D. The minimum atomic E-state index is -1.37. The molecule has 0 spiro atoms. The first-order valence-corrected chi connectivity index (χ1v) is 6.35. The summed E-state index contributed by atoms with van der Waals surface area (Å²) in [6.07, 6.45) is 0. The fourth-order valence-corrected chi connectivity index (χ4v) is 2.19. The van der Waals surface area contributed by atoms with Crippen LogP contribution in [0.5, 0.6) is 0 Å². The number of alkyl halides is 2. The van der Waals surface area contributed by atoms with Gasteiger partial charge < -0.3 is 0 Å². The molecular weight excluding hydrogens is 310 g/mol. The van der Waals surface area contributed by atoms with Crippen molar-refractivity contribution in [2.24, 2.45) is 0 Å². The van der Waals surface area contributed by atoms with E-state index < -0.39 is 59.1 Å². The number of hydrogen-bond acceptors (Lipinski definition) is 0. The van der Waals surface area contributed by atoms with Crippen LogP contribution >= 0.6 is 46.4 Å². The summed E-state index contributed by atoms with van der Waals surface area (Å²) < 4.78 is 63.3. The zero-order valence-electron chi connectivity index (χ0n) is 16.7. The molecule has 0 aliphatic carbocycles. The Morgan fingerprint density at radius 2 is 1.50 bits per heavy atom. The van der Waals surface area contributed by atoms with Gasteiger partial charge in [0.2, 0.25) is 0 Å². The molecule has 4 heteroatoms. The fourth-order valence-electron chi connectivity index (χ4n) is 1.38. The van der Waals surface area contributed by atoms with Gasteiger partial charge in [0.1, 0.15) is 4.84 Å². The van der Waals surface area contributed by atoms with Crippen LogP contribution in [0.4, 0.5) is 0 Å². The highest BCUT2D eigenvalue weighted by Gasteiger charge is 2.23. The molecule has 2 aromatic rings. The van der Waals surface area contributed by atoms with E-state index >= 15 is 0 Å². The van der Waals surface area contributed by atoms with Crippen LogP contribution in [-0.4, -0.2) is 4.84 Å². The third kappa shape index (κ3) is 3.13. The molecule has 0 aliphatic rings. The lowest BCUT2D eigenvalue weighted by Crippen LogP contribution is -2.09. The monoisotopic (exact) mass is 326 g/mol. The molecule has 0 saturated heterocycles. The normalized spacial score (nSPS) is 18.9. The second-order valence-electron chi connectivity index (χ2n) is 3.27. The van der Waals surface area contributed by atoms with Crippen LogP contribution in [0.3, 0.4) is 0 Å². The van der Waals surface area contributed by atoms with E-state index in [0.29, 0.717) is 0 Å². The maximum absolute atomic E-state index is 8.11. The second-order valence-corrected chi connectivity index (χ2v) is 5.19. The molecule has 0 heterocycles. The van der Waals surface area contributed by atoms with Crippen LogP contribution < -0.4 is 0 Å². The average Bonchev–Trinajstić information content (AvgIpc) is 2.60. The molecular formula is C14H10Cl4. The summed E-state index contributed by atoms with van der Waals surface area (Å²) in [4.78, 5) is -1.37. The van der Waals surface area contributed by atoms with E-state index in [1.165, 1.54) is 0 Å². The molecule has 0 aromatic heterocycles. The molecule has 0 radical (unpaired) electrons. The molecule has 0 saturated carbocycles. The van der Waals surface area contributed by atoms with Crippen LogP contribution in [0.15, 0.2) is 48.3 Å². The molecule has 1 atom stereocenters. The van der Waals surface area contributed by atoms with Crippen molar-refractivity contribution >= 4 is 46.4 Å². The lowest BCUT2D eigenvalue weighted by atomic mass is 9.93. The number of hydrogen-bond donors (Lipinski definition) is 0. The van der Waals surface area contributed by atoms with Crippen LogP contribution in [0.1, 0.15) is 28.0 Å². The van der Waals surface area contributed by atoms with Gasteiger partial charge in [0, 0.05) is 16.0 Å². The number of halogens is 4. The minimum absolute atomic E-state index is 0.212. The SMILES string of the molecule is [2H]c1c([2H])c([2H])c(C(c2c([2H])c([2H])c(Cl)c([2H])c2[2H])C(Cl)Cl)c(Cl)c1[2H]. The predicted molar refractivity (Wildman–Crippen MR) is 80.2 cm³/mol. The molecule has 1 unspecified atom stereocenters. The summed E-state index contributed by atoms with van der Waals surface area (Å²) in [5, 5.41) is -0.747. The molecule has 0 amide bonds. The van der Waals surface area contributed by atoms with Gasteiger partial charge >= 0.3 is 0 Å². The zero-order valence-corrected chi connectivity index (χ0v) is 11.7.